The van der Waals surface area contributed by atoms with Gasteiger partial charge in [-0.05, 0) is 37.5 Å². The second-order valence-corrected chi connectivity index (χ2v) is 4.59. The predicted octanol–water partition coefficient (Wildman–Crippen LogP) is 2.63. The maximum Gasteiger partial charge on any atom is 0.190 e. The molecule has 0 aliphatic heterocycles. The van der Waals surface area contributed by atoms with Crippen molar-refractivity contribution in [2.75, 3.05) is 19.8 Å². The Balaban J connectivity index is 1.91. The first-order valence-electron chi connectivity index (χ1n) is 6.62. The molecule has 5 heteroatoms. The molecule has 19 heavy (non-hydrogen) atoms. The van der Waals surface area contributed by atoms with Crippen LogP contribution in [-0.4, -0.2) is 25.9 Å². The molecule has 1 aromatic rings. The van der Waals surface area contributed by atoms with Crippen LogP contribution in [0.25, 0.3) is 0 Å². The lowest BCUT2D eigenvalue weighted by atomic mass is 10.2. The molecule has 3 nitrogen and oxygen atoms in total. The van der Waals surface area contributed by atoms with E-state index in [1.165, 1.54) is 12.1 Å². The van der Waals surface area contributed by atoms with Crippen molar-refractivity contribution in [2.24, 2.45) is 0 Å². The highest BCUT2D eigenvalue weighted by Gasteiger charge is 2.20. The Labute approximate surface area is 111 Å². The molecule has 1 aromatic carbocycles. The number of hydrogen-bond donors (Lipinski definition) is 1. The molecule has 0 unspecified atom stereocenters. The largest absolute Gasteiger partial charge is 0.485 e. The van der Waals surface area contributed by atoms with Gasteiger partial charge in [-0.1, -0.05) is 0 Å². The second kappa shape index (κ2) is 6.82. The topological polar surface area (TPSA) is 30.5 Å². The molecule has 1 aliphatic carbocycles. The molecular formula is C14H19F2NO2. The molecule has 0 radical (unpaired) electrons. The minimum absolute atomic E-state index is 0.140. The van der Waals surface area contributed by atoms with Crippen LogP contribution in [0.1, 0.15) is 25.3 Å². The quantitative estimate of drug-likeness (QED) is 0.737. The Morgan fingerprint density at radius 1 is 1.21 bits per heavy atom. The Morgan fingerprint density at radius 2 is 1.89 bits per heavy atom. The van der Waals surface area contributed by atoms with Crippen molar-refractivity contribution >= 4 is 0 Å². The van der Waals surface area contributed by atoms with Crippen LogP contribution in [0.2, 0.25) is 0 Å². The molecule has 0 aromatic heterocycles. The van der Waals surface area contributed by atoms with E-state index >= 15 is 0 Å². The Kier molecular flexibility index (Phi) is 5.10. The highest BCUT2D eigenvalue weighted by Crippen LogP contribution is 2.24. The maximum atomic E-state index is 13.7. The van der Waals surface area contributed by atoms with E-state index in [4.69, 9.17) is 9.47 Å². The van der Waals surface area contributed by atoms with Crippen molar-refractivity contribution in [1.82, 2.24) is 5.32 Å². The van der Waals surface area contributed by atoms with Crippen molar-refractivity contribution in [3.8, 4) is 5.75 Å². The lowest BCUT2D eigenvalue weighted by molar-refractivity contribution is 0.107. The molecule has 0 atom stereocenters. The zero-order chi connectivity index (χ0) is 13.7. The summed E-state index contributed by atoms with van der Waals surface area (Å²) in [5.74, 6) is -1.65. The Bertz CT molecular complexity index is 399. The summed E-state index contributed by atoms with van der Waals surface area (Å²) < 4.78 is 37.6. The molecule has 1 aliphatic rings. The number of halogens is 2. The smallest absolute Gasteiger partial charge is 0.190 e. The lowest BCUT2D eigenvalue weighted by Gasteiger charge is -2.10. The van der Waals surface area contributed by atoms with E-state index in [2.05, 4.69) is 5.32 Å². The third kappa shape index (κ3) is 4.44. The molecule has 1 saturated carbocycles. The van der Waals surface area contributed by atoms with Gasteiger partial charge in [0.2, 0.25) is 0 Å². The highest BCUT2D eigenvalue weighted by molar-refractivity contribution is 5.31. The molecule has 0 saturated heterocycles. The van der Waals surface area contributed by atoms with E-state index in [1.807, 2.05) is 6.92 Å². The molecule has 2 rings (SSSR count). The van der Waals surface area contributed by atoms with E-state index in [9.17, 15) is 8.78 Å². The maximum absolute atomic E-state index is 13.7. The molecule has 1 N–H and O–H groups in total. The monoisotopic (exact) mass is 271 g/mol. The molecule has 0 heterocycles. The van der Waals surface area contributed by atoms with Crippen LogP contribution in [0.15, 0.2) is 12.1 Å². The lowest BCUT2D eigenvalue weighted by Crippen LogP contribution is -2.16. The summed E-state index contributed by atoms with van der Waals surface area (Å²) >= 11 is 0. The fourth-order valence-corrected chi connectivity index (χ4v) is 1.75. The van der Waals surface area contributed by atoms with E-state index in [1.54, 1.807) is 0 Å². The van der Waals surface area contributed by atoms with Gasteiger partial charge in [-0.25, -0.2) is 8.78 Å². The van der Waals surface area contributed by atoms with Crippen LogP contribution in [-0.2, 0) is 11.3 Å². The van der Waals surface area contributed by atoms with Crippen LogP contribution in [0.5, 0.6) is 5.75 Å². The van der Waals surface area contributed by atoms with Crippen LogP contribution in [0.3, 0.4) is 0 Å². The molecule has 106 valence electrons. The van der Waals surface area contributed by atoms with Crippen molar-refractivity contribution in [1.29, 1.82) is 0 Å². The fourth-order valence-electron chi connectivity index (χ4n) is 1.75. The van der Waals surface area contributed by atoms with Crippen molar-refractivity contribution in [2.45, 2.75) is 32.4 Å². The van der Waals surface area contributed by atoms with Gasteiger partial charge < -0.3 is 14.8 Å². The third-order valence-electron chi connectivity index (χ3n) is 2.91. The summed E-state index contributed by atoms with van der Waals surface area (Å²) in [5.41, 5.74) is 0.596. The van der Waals surface area contributed by atoms with Gasteiger partial charge in [-0.15, -0.1) is 0 Å². The standard InChI is InChI=1S/C14H19F2NO2/c1-2-18-5-6-19-14-12(15)7-10(8-13(14)16)9-17-11-3-4-11/h7-8,11,17H,2-6,9H2,1H3. The fraction of sp³-hybridized carbons (Fsp3) is 0.571. The molecule has 0 bridgehead atoms. The number of hydrogen-bond acceptors (Lipinski definition) is 3. The summed E-state index contributed by atoms with van der Waals surface area (Å²) in [4.78, 5) is 0. The number of nitrogens with one attached hydrogen (secondary N) is 1. The van der Waals surface area contributed by atoms with Gasteiger partial charge in [0.05, 0.1) is 6.61 Å². The predicted molar refractivity (Wildman–Crippen MR) is 68.2 cm³/mol. The first-order chi connectivity index (χ1) is 9.20. The molecule has 0 spiro atoms. The van der Waals surface area contributed by atoms with Crippen LogP contribution in [0.4, 0.5) is 8.78 Å². The van der Waals surface area contributed by atoms with Crippen LogP contribution >= 0.6 is 0 Å². The van der Waals surface area contributed by atoms with Crippen molar-refractivity contribution < 1.29 is 18.3 Å². The summed E-state index contributed by atoms with van der Waals surface area (Å²) in [6, 6.07) is 3.14. The van der Waals surface area contributed by atoms with Gasteiger partial charge in [0.25, 0.3) is 0 Å². The van der Waals surface area contributed by atoms with E-state index in [0.29, 0.717) is 31.4 Å². The zero-order valence-electron chi connectivity index (χ0n) is 11.0. The van der Waals surface area contributed by atoms with Gasteiger partial charge in [0.15, 0.2) is 17.4 Å². The Morgan fingerprint density at radius 3 is 2.47 bits per heavy atom. The van der Waals surface area contributed by atoms with Gasteiger partial charge >= 0.3 is 0 Å². The first-order valence-corrected chi connectivity index (χ1v) is 6.62. The van der Waals surface area contributed by atoms with E-state index in [-0.39, 0.29) is 12.4 Å². The highest BCUT2D eigenvalue weighted by atomic mass is 19.1. The molecule has 0 amide bonds. The number of rotatable bonds is 8. The number of benzene rings is 1. The third-order valence-corrected chi connectivity index (χ3v) is 2.91. The minimum Gasteiger partial charge on any atom is -0.485 e. The van der Waals surface area contributed by atoms with Gasteiger partial charge in [-0.2, -0.15) is 0 Å². The summed E-state index contributed by atoms with van der Waals surface area (Å²) in [6.45, 7) is 3.35. The first kappa shape index (κ1) is 14.2. The van der Waals surface area contributed by atoms with E-state index < -0.39 is 11.6 Å². The van der Waals surface area contributed by atoms with Crippen molar-refractivity contribution in [3.05, 3.63) is 29.3 Å². The average Bonchev–Trinajstić information content (AvgIpc) is 3.18. The number of ether oxygens (including phenoxy) is 2. The van der Waals surface area contributed by atoms with Gasteiger partial charge in [0.1, 0.15) is 6.61 Å². The SMILES string of the molecule is CCOCCOc1c(F)cc(CNC2CC2)cc1F. The van der Waals surface area contributed by atoms with E-state index in [0.717, 1.165) is 12.8 Å². The summed E-state index contributed by atoms with van der Waals surface area (Å²) in [6.07, 6.45) is 2.28. The van der Waals surface area contributed by atoms with Crippen LogP contribution in [0, 0.1) is 11.6 Å². The minimum atomic E-state index is -0.663. The summed E-state index contributed by atoms with van der Waals surface area (Å²) in [5, 5.41) is 3.21. The van der Waals surface area contributed by atoms with Crippen molar-refractivity contribution in [3.63, 3.8) is 0 Å². The second-order valence-electron chi connectivity index (χ2n) is 4.59. The van der Waals surface area contributed by atoms with Crippen LogP contribution < -0.4 is 10.1 Å². The molecular weight excluding hydrogens is 252 g/mol. The van der Waals surface area contributed by atoms with Gasteiger partial charge in [-0.3, -0.25) is 0 Å². The zero-order valence-corrected chi connectivity index (χ0v) is 11.0. The summed E-state index contributed by atoms with van der Waals surface area (Å²) in [7, 11) is 0. The average molecular weight is 271 g/mol. The van der Waals surface area contributed by atoms with Gasteiger partial charge in [0, 0.05) is 19.2 Å². The Hall–Kier alpha value is -1.20. The molecule has 1 fully saturated rings. The normalized spacial score (nSPS) is 14.7.